The van der Waals surface area contributed by atoms with Crippen LogP contribution < -0.4 is 10.9 Å². The summed E-state index contributed by atoms with van der Waals surface area (Å²) < 4.78 is 0. The fourth-order valence-corrected chi connectivity index (χ4v) is 3.68. The number of nitrogens with one attached hydrogen (secondary N) is 2. The number of carbonyl (C=O) groups is 2. The zero-order valence-electron chi connectivity index (χ0n) is 16.4. The van der Waals surface area contributed by atoms with Crippen LogP contribution in [0.25, 0.3) is 0 Å². The number of nitrogens with zero attached hydrogens (tertiary/aromatic N) is 2. The second-order valence-corrected chi connectivity index (χ2v) is 7.63. The highest BCUT2D eigenvalue weighted by Gasteiger charge is 2.17. The molecular weight excluding hydrogens is 328 g/mol. The topological polar surface area (TPSA) is 82.9 Å². The first-order valence-corrected chi connectivity index (χ1v) is 10.3. The summed E-state index contributed by atoms with van der Waals surface area (Å²) in [6.45, 7) is 4.45. The van der Waals surface area contributed by atoms with Gasteiger partial charge in [-0.1, -0.05) is 26.7 Å². The molecular formula is C20H34N4O2. The van der Waals surface area contributed by atoms with Crippen molar-refractivity contribution in [2.24, 2.45) is 22.0 Å². The molecule has 0 saturated heterocycles. The molecule has 0 bridgehead atoms. The summed E-state index contributed by atoms with van der Waals surface area (Å²) >= 11 is 0. The van der Waals surface area contributed by atoms with Gasteiger partial charge in [0.1, 0.15) is 0 Å². The van der Waals surface area contributed by atoms with Crippen molar-refractivity contribution >= 4 is 23.2 Å². The molecule has 26 heavy (non-hydrogen) atoms. The minimum absolute atomic E-state index is 0.142. The largest absolute Gasteiger partial charge is 0.273 e. The SMILES string of the molecule is CCC1CCC(=NNC(=O)CCC(=O)NN=C2CCC(CC)CC2)CC1. The molecule has 146 valence electrons. The second-order valence-electron chi connectivity index (χ2n) is 7.63. The van der Waals surface area contributed by atoms with E-state index in [-0.39, 0.29) is 24.7 Å². The summed E-state index contributed by atoms with van der Waals surface area (Å²) in [5, 5.41) is 8.44. The second kappa shape index (κ2) is 11.1. The molecule has 2 saturated carbocycles. The molecule has 0 atom stereocenters. The standard InChI is InChI=1S/C20H34N4O2/c1-3-15-5-9-17(10-6-15)21-23-19(25)13-14-20(26)24-22-18-11-7-16(4-2)8-12-18/h15-16H,3-14H2,1-2H3,(H,23,25)(H,24,26). The fraction of sp³-hybridized carbons (Fsp3) is 0.800. The Morgan fingerprint density at radius 1 is 0.769 bits per heavy atom. The molecule has 2 aliphatic rings. The maximum absolute atomic E-state index is 11.9. The van der Waals surface area contributed by atoms with Crippen molar-refractivity contribution in [1.82, 2.24) is 10.9 Å². The third kappa shape index (κ3) is 7.26. The lowest BCUT2D eigenvalue weighted by Gasteiger charge is -2.21. The van der Waals surface area contributed by atoms with Crippen LogP contribution in [-0.2, 0) is 9.59 Å². The third-order valence-corrected chi connectivity index (χ3v) is 5.78. The van der Waals surface area contributed by atoms with Crippen LogP contribution in [0.5, 0.6) is 0 Å². The number of hydrogen-bond acceptors (Lipinski definition) is 4. The quantitative estimate of drug-likeness (QED) is 0.673. The number of carbonyl (C=O) groups excluding carboxylic acids is 2. The molecule has 0 aromatic heterocycles. The van der Waals surface area contributed by atoms with E-state index in [1.807, 2.05) is 0 Å². The maximum Gasteiger partial charge on any atom is 0.240 e. The van der Waals surface area contributed by atoms with Gasteiger partial charge in [0.2, 0.25) is 11.8 Å². The Morgan fingerprint density at radius 3 is 1.42 bits per heavy atom. The minimum atomic E-state index is -0.207. The Labute approximate surface area is 157 Å². The summed E-state index contributed by atoms with van der Waals surface area (Å²) in [7, 11) is 0. The van der Waals surface area contributed by atoms with Gasteiger partial charge in [0.15, 0.2) is 0 Å². The normalized spacial score (nSPS) is 23.3. The van der Waals surface area contributed by atoms with Crippen molar-refractivity contribution in [3.8, 4) is 0 Å². The molecule has 2 N–H and O–H groups in total. The molecule has 6 nitrogen and oxygen atoms in total. The molecule has 0 spiro atoms. The lowest BCUT2D eigenvalue weighted by Crippen LogP contribution is -2.25. The number of hydrazone groups is 2. The first kappa shape index (κ1) is 20.6. The van der Waals surface area contributed by atoms with Gasteiger partial charge in [-0.2, -0.15) is 10.2 Å². The van der Waals surface area contributed by atoms with Crippen molar-refractivity contribution in [3.63, 3.8) is 0 Å². The number of hydrogen-bond donors (Lipinski definition) is 2. The summed E-state index contributed by atoms with van der Waals surface area (Å²) in [6.07, 6.45) is 11.2. The van der Waals surface area contributed by atoms with Crippen LogP contribution in [0.4, 0.5) is 0 Å². The first-order chi connectivity index (χ1) is 12.6. The van der Waals surface area contributed by atoms with E-state index in [9.17, 15) is 9.59 Å². The Hall–Kier alpha value is -1.72. The van der Waals surface area contributed by atoms with Crippen molar-refractivity contribution in [1.29, 1.82) is 0 Å². The Kier molecular flexibility index (Phi) is 8.78. The lowest BCUT2D eigenvalue weighted by molar-refractivity contribution is -0.126. The van der Waals surface area contributed by atoms with E-state index in [4.69, 9.17) is 0 Å². The highest BCUT2D eigenvalue weighted by atomic mass is 16.2. The average molecular weight is 363 g/mol. The van der Waals surface area contributed by atoms with Crippen LogP contribution in [0.1, 0.15) is 90.9 Å². The Balaban J connectivity index is 1.61. The van der Waals surface area contributed by atoms with E-state index in [1.165, 1.54) is 12.8 Å². The van der Waals surface area contributed by atoms with Gasteiger partial charge < -0.3 is 0 Å². The summed E-state index contributed by atoms with van der Waals surface area (Å²) in [5.74, 6) is 1.18. The van der Waals surface area contributed by atoms with E-state index < -0.39 is 0 Å². The van der Waals surface area contributed by atoms with Gasteiger partial charge in [-0.25, -0.2) is 10.9 Å². The molecule has 0 aromatic rings. The summed E-state index contributed by atoms with van der Waals surface area (Å²) in [5.41, 5.74) is 7.32. The van der Waals surface area contributed by atoms with Gasteiger partial charge in [-0.3, -0.25) is 9.59 Å². The Bertz CT molecular complexity index is 474. The lowest BCUT2D eigenvalue weighted by atomic mass is 9.86. The molecule has 0 heterocycles. The number of rotatable bonds is 7. The van der Waals surface area contributed by atoms with Gasteiger partial charge in [0.05, 0.1) is 0 Å². The number of amides is 2. The van der Waals surface area contributed by atoms with E-state index in [0.717, 1.165) is 74.6 Å². The molecule has 2 fully saturated rings. The summed E-state index contributed by atoms with van der Waals surface area (Å²) in [6, 6.07) is 0. The molecule has 0 radical (unpaired) electrons. The van der Waals surface area contributed by atoms with Crippen LogP contribution in [0.2, 0.25) is 0 Å². The fourth-order valence-electron chi connectivity index (χ4n) is 3.68. The molecule has 2 amide bonds. The smallest absolute Gasteiger partial charge is 0.240 e. The highest BCUT2D eigenvalue weighted by Crippen LogP contribution is 2.25. The van der Waals surface area contributed by atoms with Crippen LogP contribution in [0.15, 0.2) is 10.2 Å². The minimum Gasteiger partial charge on any atom is -0.273 e. The zero-order valence-corrected chi connectivity index (χ0v) is 16.4. The molecule has 0 aliphatic heterocycles. The van der Waals surface area contributed by atoms with E-state index in [1.54, 1.807) is 0 Å². The van der Waals surface area contributed by atoms with Gasteiger partial charge in [-0.15, -0.1) is 0 Å². The monoisotopic (exact) mass is 362 g/mol. The van der Waals surface area contributed by atoms with Crippen LogP contribution >= 0.6 is 0 Å². The molecule has 0 aromatic carbocycles. The van der Waals surface area contributed by atoms with E-state index >= 15 is 0 Å². The molecule has 0 unspecified atom stereocenters. The maximum atomic E-state index is 11.9. The highest BCUT2D eigenvalue weighted by molar-refractivity contribution is 5.89. The van der Waals surface area contributed by atoms with Crippen molar-refractivity contribution < 1.29 is 9.59 Å². The first-order valence-electron chi connectivity index (χ1n) is 10.3. The predicted molar refractivity (Wildman–Crippen MR) is 105 cm³/mol. The van der Waals surface area contributed by atoms with Crippen molar-refractivity contribution in [3.05, 3.63) is 0 Å². The zero-order chi connectivity index (χ0) is 18.8. The van der Waals surface area contributed by atoms with Crippen molar-refractivity contribution in [2.75, 3.05) is 0 Å². The van der Waals surface area contributed by atoms with Gasteiger partial charge >= 0.3 is 0 Å². The summed E-state index contributed by atoms with van der Waals surface area (Å²) in [4.78, 5) is 23.7. The van der Waals surface area contributed by atoms with Crippen LogP contribution in [-0.4, -0.2) is 23.2 Å². The third-order valence-electron chi connectivity index (χ3n) is 5.78. The molecule has 2 rings (SSSR count). The van der Waals surface area contributed by atoms with Gasteiger partial charge in [0, 0.05) is 24.3 Å². The average Bonchev–Trinajstić information content (AvgIpc) is 2.69. The predicted octanol–water partition coefficient (Wildman–Crippen LogP) is 3.91. The van der Waals surface area contributed by atoms with Crippen molar-refractivity contribution in [2.45, 2.75) is 90.9 Å². The molecule has 6 heteroatoms. The van der Waals surface area contributed by atoms with Gasteiger partial charge in [-0.05, 0) is 63.2 Å². The van der Waals surface area contributed by atoms with Crippen LogP contribution in [0.3, 0.4) is 0 Å². The van der Waals surface area contributed by atoms with Crippen LogP contribution in [0, 0.1) is 11.8 Å². The van der Waals surface area contributed by atoms with E-state index in [0.29, 0.717) is 0 Å². The van der Waals surface area contributed by atoms with Gasteiger partial charge in [0.25, 0.3) is 0 Å². The molecule has 2 aliphatic carbocycles. The van der Waals surface area contributed by atoms with E-state index in [2.05, 4.69) is 34.9 Å². The Morgan fingerprint density at radius 2 is 1.12 bits per heavy atom.